The van der Waals surface area contributed by atoms with Crippen LogP contribution in [0.4, 0.5) is 0 Å². The highest BCUT2D eigenvalue weighted by Crippen LogP contribution is 2.35. The van der Waals surface area contributed by atoms with E-state index in [0.29, 0.717) is 12.0 Å². The maximum Gasteiger partial charge on any atom is 0.305 e. The molecule has 1 aromatic heterocycles. The summed E-state index contributed by atoms with van der Waals surface area (Å²) in [5.74, 6) is -5.28. The molecule has 0 aliphatic carbocycles. The minimum Gasteiger partial charge on any atom is -0.481 e. The Hall–Kier alpha value is -4.75. The van der Waals surface area contributed by atoms with Crippen molar-refractivity contribution in [2.75, 3.05) is 6.54 Å². The van der Waals surface area contributed by atoms with Crippen molar-refractivity contribution in [1.82, 2.24) is 25.6 Å². The first-order valence-corrected chi connectivity index (χ1v) is 14.8. The van der Waals surface area contributed by atoms with Gasteiger partial charge in [0.1, 0.15) is 18.1 Å². The molecular weight excluding hydrogens is 629 g/mol. The molecule has 0 bridgehead atoms. The number of rotatable bonds is 9. The van der Waals surface area contributed by atoms with E-state index >= 15 is 0 Å². The molecule has 1 unspecified atom stereocenters. The topological polar surface area (TPSA) is 179 Å². The summed E-state index contributed by atoms with van der Waals surface area (Å²) in [5.41, 5.74) is 0.582. The summed E-state index contributed by atoms with van der Waals surface area (Å²) in [5, 5.41) is 17.2. The van der Waals surface area contributed by atoms with E-state index in [0.717, 1.165) is 5.01 Å². The van der Waals surface area contributed by atoms with E-state index in [1.165, 1.54) is 11.2 Å². The van der Waals surface area contributed by atoms with Crippen LogP contribution in [0.5, 0.6) is 0 Å². The van der Waals surface area contributed by atoms with Crippen LogP contribution in [0.2, 0.25) is 10.0 Å². The number of carbonyl (C=O) groups is 6. The van der Waals surface area contributed by atoms with E-state index in [2.05, 4.69) is 15.6 Å². The molecular formula is C30H27Cl2N5O8. The van der Waals surface area contributed by atoms with Gasteiger partial charge in [0.15, 0.2) is 5.76 Å². The van der Waals surface area contributed by atoms with Crippen molar-refractivity contribution in [2.24, 2.45) is 0 Å². The summed E-state index contributed by atoms with van der Waals surface area (Å²) in [4.78, 5) is 82.3. The summed E-state index contributed by atoms with van der Waals surface area (Å²) >= 11 is 12.4. The molecule has 4 amide bonds. The number of benzene rings is 2. The van der Waals surface area contributed by atoms with Crippen LogP contribution in [0.1, 0.15) is 53.1 Å². The number of hydrogen-bond donors (Lipinski definition) is 3. The summed E-state index contributed by atoms with van der Waals surface area (Å²) in [6, 6.07) is 8.93. The Morgan fingerprint density at radius 1 is 1.02 bits per heavy atom. The highest BCUT2D eigenvalue weighted by Gasteiger charge is 2.45. The minimum atomic E-state index is -1.63. The lowest BCUT2D eigenvalue weighted by Crippen LogP contribution is -2.64. The van der Waals surface area contributed by atoms with E-state index in [1.807, 2.05) is 0 Å². The van der Waals surface area contributed by atoms with Gasteiger partial charge in [-0.3, -0.25) is 33.8 Å². The lowest BCUT2D eigenvalue weighted by molar-refractivity contribution is -0.176. The fraction of sp³-hybridized carbons (Fsp3) is 0.300. The maximum absolute atomic E-state index is 13.7. The lowest BCUT2D eigenvalue weighted by Gasteiger charge is -2.43. The third kappa shape index (κ3) is 6.84. The van der Waals surface area contributed by atoms with Gasteiger partial charge in [-0.25, -0.2) is 9.99 Å². The molecule has 2 aromatic carbocycles. The number of ketones is 1. The van der Waals surface area contributed by atoms with Crippen molar-refractivity contribution >= 4 is 58.6 Å². The molecule has 2 aliphatic rings. The first-order chi connectivity index (χ1) is 21.5. The standard InChI is InChI=1S/C30H27Cl2N5O8/c31-17-8-4-9-18(32)25(17)22-15-33-29(45-22)26(41)20(14-24(39)40)35-28(43)21-10-5-13-36-23(38)12-11-19(30(44)37(21)36)34-27(42)16-6-2-1-3-7-16/h1-4,6-9,15,19-21H,5,10-14H2,(H,34,42)(H,35,43)(H,39,40)/t19?,20-,21-/m0/s1. The number of Topliss-reactive ketones (excluding diaryl/α,β-unsaturated/α-hetero) is 1. The van der Waals surface area contributed by atoms with Gasteiger partial charge in [-0.1, -0.05) is 47.5 Å². The molecule has 0 saturated carbocycles. The number of aromatic nitrogens is 1. The van der Waals surface area contributed by atoms with Gasteiger partial charge >= 0.3 is 5.97 Å². The van der Waals surface area contributed by atoms with Crippen molar-refractivity contribution in [3.05, 3.63) is 76.2 Å². The summed E-state index contributed by atoms with van der Waals surface area (Å²) < 4.78 is 5.57. The number of nitrogens with one attached hydrogen (secondary N) is 2. The number of amides is 4. The van der Waals surface area contributed by atoms with Gasteiger partial charge in [0.25, 0.3) is 17.7 Å². The van der Waals surface area contributed by atoms with Crippen molar-refractivity contribution in [3.63, 3.8) is 0 Å². The average Bonchev–Trinajstić information content (AvgIpc) is 3.47. The number of carboxylic acid groups (broad SMARTS) is 1. The van der Waals surface area contributed by atoms with Crippen LogP contribution in [0.15, 0.2) is 59.1 Å². The average molecular weight is 656 g/mol. The predicted molar refractivity (Wildman–Crippen MR) is 159 cm³/mol. The zero-order valence-corrected chi connectivity index (χ0v) is 25.1. The quantitative estimate of drug-likeness (QED) is 0.292. The number of oxazole rings is 1. The molecule has 5 rings (SSSR count). The molecule has 0 spiro atoms. The number of carboxylic acids is 1. The maximum atomic E-state index is 13.7. The summed E-state index contributed by atoms with van der Waals surface area (Å²) in [7, 11) is 0. The van der Waals surface area contributed by atoms with Gasteiger partial charge in [0.2, 0.25) is 17.6 Å². The molecule has 13 nitrogen and oxygen atoms in total. The second kappa shape index (κ2) is 13.5. The Morgan fingerprint density at radius 2 is 1.73 bits per heavy atom. The number of aliphatic carboxylic acids is 1. The van der Waals surface area contributed by atoms with E-state index < -0.39 is 65.8 Å². The third-order valence-corrected chi connectivity index (χ3v) is 8.07. The Kier molecular flexibility index (Phi) is 9.49. The predicted octanol–water partition coefficient (Wildman–Crippen LogP) is 3.12. The molecule has 234 valence electrons. The molecule has 3 heterocycles. The Balaban J connectivity index is 1.37. The van der Waals surface area contributed by atoms with Crippen molar-refractivity contribution in [2.45, 2.75) is 50.2 Å². The molecule has 2 saturated heterocycles. The second-order valence-corrected chi connectivity index (χ2v) is 11.3. The van der Waals surface area contributed by atoms with Crippen molar-refractivity contribution in [1.29, 1.82) is 0 Å². The third-order valence-electron chi connectivity index (χ3n) is 7.44. The van der Waals surface area contributed by atoms with Gasteiger partial charge in [0.05, 0.1) is 28.2 Å². The smallest absolute Gasteiger partial charge is 0.305 e. The highest BCUT2D eigenvalue weighted by molar-refractivity contribution is 6.39. The largest absolute Gasteiger partial charge is 0.481 e. The highest BCUT2D eigenvalue weighted by atomic mass is 35.5. The van der Waals surface area contributed by atoms with E-state index in [-0.39, 0.29) is 47.2 Å². The van der Waals surface area contributed by atoms with Crippen molar-refractivity contribution in [3.8, 4) is 11.3 Å². The number of carbonyl (C=O) groups excluding carboxylic acids is 5. The van der Waals surface area contributed by atoms with E-state index in [4.69, 9.17) is 27.6 Å². The molecule has 2 fully saturated rings. The van der Waals surface area contributed by atoms with Crippen LogP contribution in [0.25, 0.3) is 11.3 Å². The molecule has 15 heteroatoms. The number of hydrogen-bond acceptors (Lipinski definition) is 8. The van der Waals surface area contributed by atoms with Gasteiger partial charge in [0, 0.05) is 18.5 Å². The van der Waals surface area contributed by atoms with Gasteiger partial charge in [-0.2, -0.15) is 0 Å². The normalized spacial score (nSPS) is 18.9. The summed E-state index contributed by atoms with van der Waals surface area (Å²) in [6.45, 7) is 0.162. The first-order valence-electron chi connectivity index (χ1n) is 14.0. The molecule has 45 heavy (non-hydrogen) atoms. The minimum absolute atomic E-state index is 0.0135. The molecule has 3 atom stereocenters. The lowest BCUT2D eigenvalue weighted by atomic mass is 10.0. The van der Waals surface area contributed by atoms with Gasteiger partial charge in [-0.05, 0) is 43.5 Å². The van der Waals surface area contributed by atoms with Crippen LogP contribution < -0.4 is 10.6 Å². The van der Waals surface area contributed by atoms with Crippen LogP contribution in [-0.2, 0) is 19.2 Å². The monoisotopic (exact) mass is 655 g/mol. The molecule has 2 aliphatic heterocycles. The zero-order chi connectivity index (χ0) is 32.2. The van der Waals surface area contributed by atoms with E-state index in [1.54, 1.807) is 48.5 Å². The van der Waals surface area contributed by atoms with Gasteiger partial charge < -0.3 is 20.2 Å². The zero-order valence-electron chi connectivity index (χ0n) is 23.6. The van der Waals surface area contributed by atoms with E-state index in [9.17, 15) is 33.9 Å². The van der Waals surface area contributed by atoms with Crippen LogP contribution in [0, 0.1) is 0 Å². The van der Waals surface area contributed by atoms with Gasteiger partial charge in [-0.15, -0.1) is 0 Å². The van der Waals surface area contributed by atoms with Crippen LogP contribution in [-0.4, -0.2) is 80.2 Å². The molecule has 3 N–H and O–H groups in total. The SMILES string of the molecule is O=C(O)C[C@H](NC(=O)[C@@H]1CCCN2C(=O)CCC(NC(=O)c3ccccc3)C(=O)N12)C(=O)c1ncc(-c2c(Cl)cccc2Cl)o1. The Morgan fingerprint density at radius 3 is 2.42 bits per heavy atom. The number of hydrazine groups is 1. The molecule has 3 aromatic rings. The van der Waals surface area contributed by atoms with Crippen molar-refractivity contribution < 1.29 is 38.3 Å². The fourth-order valence-corrected chi connectivity index (χ4v) is 5.86. The van der Waals surface area contributed by atoms with Crippen LogP contribution >= 0.6 is 23.2 Å². The van der Waals surface area contributed by atoms with Crippen LogP contribution in [0.3, 0.4) is 0 Å². The number of nitrogens with zero attached hydrogens (tertiary/aromatic N) is 3. The fourth-order valence-electron chi connectivity index (χ4n) is 5.27. The number of halogens is 2. The Bertz CT molecular complexity index is 1640. The molecule has 0 radical (unpaired) electrons. The first kappa shape index (κ1) is 31.7. The number of fused-ring (bicyclic) bond motifs is 1. The summed E-state index contributed by atoms with van der Waals surface area (Å²) in [6.07, 6.45) is 0.799. The Labute approximate surface area is 266 Å². The second-order valence-electron chi connectivity index (χ2n) is 10.4.